The van der Waals surface area contributed by atoms with Gasteiger partial charge < -0.3 is 25.8 Å². The lowest BCUT2D eigenvalue weighted by Gasteiger charge is -2.48. The van der Waals surface area contributed by atoms with Crippen molar-refractivity contribution in [1.29, 1.82) is 0 Å². The van der Waals surface area contributed by atoms with Crippen LogP contribution in [0.15, 0.2) is 24.3 Å². The average molecular weight is 586 g/mol. The Hall–Kier alpha value is -2.68. The molecule has 3 N–H and O–H groups in total. The van der Waals surface area contributed by atoms with Gasteiger partial charge in [0.15, 0.2) is 0 Å². The van der Waals surface area contributed by atoms with Gasteiger partial charge in [0.05, 0.1) is 5.41 Å². The van der Waals surface area contributed by atoms with Crippen molar-refractivity contribution in [3.8, 4) is 0 Å². The maximum absolute atomic E-state index is 14.1. The molecule has 2 aliphatic heterocycles. The third kappa shape index (κ3) is 8.03. The van der Waals surface area contributed by atoms with Gasteiger partial charge in [0.1, 0.15) is 11.9 Å². The summed E-state index contributed by atoms with van der Waals surface area (Å²) in [6, 6.07) is 5.45. The molecular weight excluding hydrogens is 533 g/mol. The third-order valence-corrected chi connectivity index (χ3v) is 9.48. The molecule has 0 radical (unpaired) electrons. The second-order valence-electron chi connectivity index (χ2n) is 13.9. The summed E-state index contributed by atoms with van der Waals surface area (Å²) in [4.78, 5) is 45.0. The lowest BCUT2D eigenvalue weighted by Crippen LogP contribution is -2.62. The number of piperidine rings is 1. The smallest absolute Gasteiger partial charge is 0.318 e. The molecule has 0 bridgehead atoms. The largest absolute Gasteiger partial charge is 0.351 e. The number of nitrogens with zero attached hydrogens (tertiary/aromatic N) is 2. The average Bonchev–Trinajstić information content (AvgIpc) is 2.96. The monoisotopic (exact) mass is 585 g/mol. The Kier molecular flexibility index (Phi) is 10.5. The lowest BCUT2D eigenvalue weighted by atomic mass is 9.63. The zero-order valence-corrected chi connectivity index (χ0v) is 26.3. The van der Waals surface area contributed by atoms with E-state index < -0.39 is 11.5 Å². The van der Waals surface area contributed by atoms with E-state index in [2.05, 4.69) is 29.8 Å². The number of piperazine rings is 1. The van der Waals surface area contributed by atoms with Crippen LogP contribution in [-0.2, 0) is 16.0 Å². The van der Waals surface area contributed by atoms with Gasteiger partial charge in [-0.15, -0.1) is 0 Å². The summed E-state index contributed by atoms with van der Waals surface area (Å²) >= 11 is 0. The van der Waals surface area contributed by atoms with E-state index in [9.17, 15) is 18.8 Å². The Morgan fingerprint density at radius 3 is 2.26 bits per heavy atom. The molecule has 0 unspecified atom stereocenters. The number of rotatable bonds is 7. The molecule has 2 heterocycles. The fourth-order valence-corrected chi connectivity index (χ4v) is 7.18. The van der Waals surface area contributed by atoms with E-state index in [4.69, 9.17) is 0 Å². The van der Waals surface area contributed by atoms with Crippen LogP contribution in [-0.4, -0.2) is 77.5 Å². The number of carbonyl (C=O) groups is 3. The van der Waals surface area contributed by atoms with Crippen LogP contribution in [0.1, 0.15) is 91.5 Å². The molecule has 8 nitrogen and oxygen atoms in total. The standard InChI is InChI=1S/C33H52FN5O3/c1-6-27-22-39(21-23(2)35-27)31(42)36-28(20-24-12-14-26(34)15-13-24)29(40)38-18-16-33(17-19-38,25-10-8-7-9-11-25)30(41)37-32(3,4)5/h12-15,23,25,27-28,35H,6-11,16-22H2,1-5H3,(H,36,42)(H,37,41)/t23-,27-,28-/m1/s1. The molecule has 2 saturated heterocycles. The molecule has 0 aromatic heterocycles. The SMILES string of the molecule is CC[C@@H]1CN(C(=O)N[C@H](Cc2ccc(F)cc2)C(=O)N2CCC(C(=O)NC(C)(C)C)(C3CCCCC3)CC2)C[C@@H](C)N1. The highest BCUT2D eigenvalue weighted by molar-refractivity contribution is 5.88. The van der Waals surface area contributed by atoms with E-state index in [-0.39, 0.29) is 47.7 Å². The highest BCUT2D eigenvalue weighted by Crippen LogP contribution is 2.46. The molecule has 4 amide bonds. The Bertz CT molecular complexity index is 1070. The minimum absolute atomic E-state index is 0.114. The van der Waals surface area contributed by atoms with Gasteiger partial charge >= 0.3 is 6.03 Å². The fraction of sp³-hybridized carbons (Fsp3) is 0.727. The number of hydrogen-bond donors (Lipinski definition) is 3. The number of urea groups is 1. The van der Waals surface area contributed by atoms with Gasteiger partial charge in [-0.25, -0.2) is 9.18 Å². The number of nitrogens with one attached hydrogen (secondary N) is 3. The van der Waals surface area contributed by atoms with E-state index >= 15 is 0 Å². The highest BCUT2D eigenvalue weighted by atomic mass is 19.1. The topological polar surface area (TPSA) is 93.8 Å². The van der Waals surface area contributed by atoms with E-state index in [0.717, 1.165) is 37.7 Å². The van der Waals surface area contributed by atoms with Gasteiger partial charge in [-0.05, 0) is 83.4 Å². The summed E-state index contributed by atoms with van der Waals surface area (Å²) in [6.45, 7) is 12.3. The van der Waals surface area contributed by atoms with E-state index in [1.165, 1.54) is 18.6 Å². The summed E-state index contributed by atoms with van der Waals surface area (Å²) in [5.41, 5.74) is -0.0193. The van der Waals surface area contributed by atoms with E-state index in [0.29, 0.717) is 44.9 Å². The van der Waals surface area contributed by atoms with Crippen LogP contribution in [0.2, 0.25) is 0 Å². The zero-order chi connectivity index (χ0) is 30.5. The molecule has 9 heteroatoms. The summed E-state index contributed by atoms with van der Waals surface area (Å²) in [5, 5.41) is 9.83. The fourth-order valence-electron chi connectivity index (χ4n) is 7.18. The molecule has 1 saturated carbocycles. The first-order valence-electron chi connectivity index (χ1n) is 16.1. The number of carbonyl (C=O) groups excluding carboxylic acids is 3. The van der Waals surface area contributed by atoms with Gasteiger partial charge in [0, 0.05) is 50.2 Å². The zero-order valence-electron chi connectivity index (χ0n) is 26.3. The van der Waals surface area contributed by atoms with Crippen molar-refractivity contribution in [2.75, 3.05) is 26.2 Å². The summed E-state index contributed by atoms with van der Waals surface area (Å²) in [7, 11) is 0. The van der Waals surface area contributed by atoms with Crippen LogP contribution in [0.3, 0.4) is 0 Å². The van der Waals surface area contributed by atoms with Crippen molar-refractivity contribution >= 4 is 17.8 Å². The second kappa shape index (κ2) is 13.7. The second-order valence-corrected chi connectivity index (χ2v) is 13.9. The quantitative estimate of drug-likeness (QED) is 0.435. The van der Waals surface area contributed by atoms with Crippen molar-refractivity contribution < 1.29 is 18.8 Å². The van der Waals surface area contributed by atoms with Crippen molar-refractivity contribution in [2.45, 2.75) is 116 Å². The molecule has 3 fully saturated rings. The third-order valence-electron chi connectivity index (χ3n) is 9.48. The van der Waals surface area contributed by atoms with Crippen molar-refractivity contribution in [3.63, 3.8) is 0 Å². The van der Waals surface area contributed by atoms with Crippen LogP contribution >= 0.6 is 0 Å². The Balaban J connectivity index is 1.51. The first-order valence-corrected chi connectivity index (χ1v) is 16.1. The molecule has 0 spiro atoms. The normalized spacial score (nSPS) is 24.1. The first kappa shape index (κ1) is 32.2. The van der Waals surface area contributed by atoms with Gasteiger partial charge in [-0.1, -0.05) is 38.3 Å². The van der Waals surface area contributed by atoms with Gasteiger partial charge in [-0.2, -0.15) is 0 Å². The number of benzene rings is 1. The van der Waals surface area contributed by atoms with Crippen LogP contribution in [0.5, 0.6) is 0 Å². The van der Waals surface area contributed by atoms with Crippen molar-refractivity contribution in [2.24, 2.45) is 11.3 Å². The maximum atomic E-state index is 14.1. The van der Waals surface area contributed by atoms with E-state index in [1.807, 2.05) is 25.7 Å². The highest BCUT2D eigenvalue weighted by Gasteiger charge is 2.49. The number of halogens is 1. The number of amides is 4. The molecule has 3 aliphatic rings. The first-order chi connectivity index (χ1) is 19.9. The Morgan fingerprint density at radius 1 is 1.02 bits per heavy atom. The molecule has 1 aliphatic carbocycles. The predicted octanol–water partition coefficient (Wildman–Crippen LogP) is 4.62. The maximum Gasteiger partial charge on any atom is 0.318 e. The molecule has 1 aromatic carbocycles. The number of hydrogen-bond acceptors (Lipinski definition) is 4. The molecule has 3 atom stereocenters. The predicted molar refractivity (Wildman–Crippen MR) is 163 cm³/mol. The molecular formula is C33H52FN5O3. The summed E-state index contributed by atoms with van der Waals surface area (Å²) < 4.78 is 13.6. The van der Waals surface area contributed by atoms with Gasteiger partial charge in [0.2, 0.25) is 11.8 Å². The van der Waals surface area contributed by atoms with E-state index in [1.54, 1.807) is 17.0 Å². The molecule has 1 aromatic rings. The van der Waals surface area contributed by atoms with Crippen LogP contribution in [0, 0.1) is 17.2 Å². The van der Waals surface area contributed by atoms with Crippen molar-refractivity contribution in [1.82, 2.24) is 25.8 Å². The Labute approximate surface area is 251 Å². The van der Waals surface area contributed by atoms with Crippen LogP contribution in [0.25, 0.3) is 0 Å². The Morgan fingerprint density at radius 2 is 1.67 bits per heavy atom. The lowest BCUT2D eigenvalue weighted by molar-refractivity contribution is -0.147. The minimum atomic E-state index is -0.779. The van der Waals surface area contributed by atoms with Gasteiger partial charge in [0.25, 0.3) is 0 Å². The van der Waals surface area contributed by atoms with Crippen LogP contribution < -0.4 is 16.0 Å². The minimum Gasteiger partial charge on any atom is -0.351 e. The molecule has 42 heavy (non-hydrogen) atoms. The summed E-state index contributed by atoms with van der Waals surface area (Å²) in [6.07, 6.45) is 8.04. The molecule has 234 valence electrons. The van der Waals surface area contributed by atoms with Crippen LogP contribution in [0.4, 0.5) is 9.18 Å². The summed E-state index contributed by atoms with van der Waals surface area (Å²) in [5.74, 6) is -0.0451. The van der Waals surface area contributed by atoms with Crippen molar-refractivity contribution in [3.05, 3.63) is 35.6 Å². The number of likely N-dealkylation sites (tertiary alicyclic amines) is 1. The molecule has 4 rings (SSSR count). The van der Waals surface area contributed by atoms with Gasteiger partial charge in [-0.3, -0.25) is 9.59 Å².